The average Bonchev–Trinajstić information content (AvgIpc) is 3.09. The molecule has 110 valence electrons. The summed E-state index contributed by atoms with van der Waals surface area (Å²) in [6, 6.07) is 12.6. The van der Waals surface area contributed by atoms with Crippen LogP contribution in [0.2, 0.25) is 0 Å². The minimum atomic E-state index is 0.809. The van der Waals surface area contributed by atoms with Crippen LogP contribution in [0.4, 0.5) is 5.82 Å². The molecule has 4 aromatic rings. The molecule has 0 amide bonds. The Hall–Kier alpha value is -2.82. The Bertz CT molecular complexity index is 979. The van der Waals surface area contributed by atoms with Crippen LogP contribution in [0.1, 0.15) is 0 Å². The second-order valence-corrected chi connectivity index (χ2v) is 5.46. The van der Waals surface area contributed by atoms with Gasteiger partial charge in [0.25, 0.3) is 0 Å². The summed E-state index contributed by atoms with van der Waals surface area (Å²) < 4.78 is 4.19. The quantitative estimate of drug-likeness (QED) is 0.617. The van der Waals surface area contributed by atoms with Crippen molar-refractivity contribution in [2.75, 3.05) is 12.4 Å². The van der Waals surface area contributed by atoms with Gasteiger partial charge in [0, 0.05) is 26.5 Å². The van der Waals surface area contributed by atoms with Crippen molar-refractivity contribution in [3.05, 3.63) is 42.7 Å². The van der Waals surface area contributed by atoms with Gasteiger partial charge in [-0.2, -0.15) is 0 Å². The first-order chi connectivity index (χ1) is 10.7. The third-order valence-corrected chi connectivity index (χ3v) is 4.14. The van der Waals surface area contributed by atoms with Crippen LogP contribution in [-0.4, -0.2) is 26.1 Å². The van der Waals surface area contributed by atoms with Crippen LogP contribution in [-0.2, 0) is 14.1 Å². The predicted molar refractivity (Wildman–Crippen MR) is 90.0 cm³/mol. The number of imidazole rings is 1. The molecule has 0 saturated carbocycles. The minimum Gasteiger partial charge on any atom is -0.371 e. The highest BCUT2D eigenvalue weighted by atomic mass is 15.1. The van der Waals surface area contributed by atoms with Gasteiger partial charge in [0.15, 0.2) is 5.82 Å². The molecule has 0 aliphatic rings. The molecule has 1 aromatic carbocycles. The van der Waals surface area contributed by atoms with E-state index in [-0.39, 0.29) is 0 Å². The molecule has 3 aromatic heterocycles. The van der Waals surface area contributed by atoms with E-state index in [1.807, 2.05) is 26.5 Å². The third-order valence-electron chi connectivity index (χ3n) is 4.14. The highest BCUT2D eigenvalue weighted by Crippen LogP contribution is 2.33. The molecular formula is C17H17N5. The van der Waals surface area contributed by atoms with Crippen LogP contribution in [0.5, 0.6) is 0 Å². The molecule has 4 rings (SSSR count). The molecule has 0 saturated heterocycles. The van der Waals surface area contributed by atoms with E-state index in [4.69, 9.17) is 4.98 Å². The van der Waals surface area contributed by atoms with Crippen LogP contribution in [0.25, 0.3) is 33.3 Å². The standard InChI is InChI=1S/C17H17N5/c1-18-16-14-15(21(2)10-19-14)12-9-13(22(3)17(12)20-16)11-7-5-4-6-8-11/h4-10H,1-3H3,(H,18,20). The molecule has 0 spiro atoms. The first-order valence-electron chi connectivity index (χ1n) is 7.24. The predicted octanol–water partition coefficient (Wildman–Crippen LogP) is 3.17. The molecule has 22 heavy (non-hydrogen) atoms. The minimum absolute atomic E-state index is 0.809. The number of benzene rings is 1. The summed E-state index contributed by atoms with van der Waals surface area (Å²) in [5.74, 6) is 0.809. The Kier molecular flexibility index (Phi) is 2.69. The zero-order chi connectivity index (χ0) is 15.3. The Morgan fingerprint density at radius 3 is 2.59 bits per heavy atom. The zero-order valence-corrected chi connectivity index (χ0v) is 12.8. The van der Waals surface area contributed by atoms with Crippen molar-refractivity contribution in [1.82, 2.24) is 19.1 Å². The van der Waals surface area contributed by atoms with Crippen molar-refractivity contribution in [3.8, 4) is 11.3 Å². The second kappa shape index (κ2) is 4.59. The first kappa shape index (κ1) is 12.9. The van der Waals surface area contributed by atoms with Crippen molar-refractivity contribution < 1.29 is 0 Å². The van der Waals surface area contributed by atoms with E-state index in [0.717, 1.165) is 33.6 Å². The molecule has 5 heteroatoms. The monoisotopic (exact) mass is 291 g/mol. The molecule has 0 atom stereocenters. The van der Waals surface area contributed by atoms with Crippen LogP contribution in [0.3, 0.4) is 0 Å². The smallest absolute Gasteiger partial charge is 0.156 e. The number of fused-ring (bicyclic) bond motifs is 3. The highest BCUT2D eigenvalue weighted by Gasteiger charge is 2.17. The number of rotatable bonds is 2. The molecule has 0 bridgehead atoms. The molecule has 0 aliphatic heterocycles. The maximum absolute atomic E-state index is 4.76. The fraction of sp³-hybridized carbons (Fsp3) is 0.176. The molecular weight excluding hydrogens is 274 g/mol. The number of aryl methyl sites for hydroxylation is 2. The summed E-state index contributed by atoms with van der Waals surface area (Å²) in [6.07, 6.45) is 1.84. The third kappa shape index (κ3) is 1.65. The first-order valence-corrected chi connectivity index (χ1v) is 7.24. The summed E-state index contributed by atoms with van der Waals surface area (Å²) in [5.41, 5.74) is 5.30. The van der Waals surface area contributed by atoms with Gasteiger partial charge in [-0.15, -0.1) is 0 Å². The van der Waals surface area contributed by atoms with Gasteiger partial charge in [0.2, 0.25) is 0 Å². The Balaban J connectivity index is 2.14. The number of pyridine rings is 1. The van der Waals surface area contributed by atoms with Gasteiger partial charge in [0.1, 0.15) is 11.2 Å². The van der Waals surface area contributed by atoms with Crippen molar-refractivity contribution in [1.29, 1.82) is 0 Å². The lowest BCUT2D eigenvalue weighted by atomic mass is 10.1. The van der Waals surface area contributed by atoms with Gasteiger partial charge in [0.05, 0.1) is 17.5 Å². The van der Waals surface area contributed by atoms with E-state index in [2.05, 4.69) is 56.8 Å². The van der Waals surface area contributed by atoms with Gasteiger partial charge < -0.3 is 14.5 Å². The molecule has 3 heterocycles. The maximum atomic E-state index is 4.76. The van der Waals surface area contributed by atoms with E-state index < -0.39 is 0 Å². The van der Waals surface area contributed by atoms with Gasteiger partial charge in [-0.25, -0.2) is 9.97 Å². The molecule has 5 nitrogen and oxygen atoms in total. The summed E-state index contributed by atoms with van der Waals surface area (Å²) in [7, 11) is 5.95. The number of anilines is 1. The van der Waals surface area contributed by atoms with E-state index in [0.29, 0.717) is 0 Å². The summed E-state index contributed by atoms with van der Waals surface area (Å²) >= 11 is 0. The molecule has 0 unspecified atom stereocenters. The van der Waals surface area contributed by atoms with Crippen molar-refractivity contribution in [3.63, 3.8) is 0 Å². The zero-order valence-electron chi connectivity index (χ0n) is 12.8. The molecule has 0 fully saturated rings. The van der Waals surface area contributed by atoms with E-state index in [1.165, 1.54) is 5.56 Å². The summed E-state index contributed by atoms with van der Waals surface area (Å²) in [4.78, 5) is 9.24. The lowest BCUT2D eigenvalue weighted by Gasteiger charge is -2.06. The van der Waals surface area contributed by atoms with Gasteiger partial charge in [-0.05, 0) is 11.6 Å². The summed E-state index contributed by atoms with van der Waals surface area (Å²) in [5, 5.41) is 4.27. The maximum Gasteiger partial charge on any atom is 0.156 e. The number of aromatic nitrogens is 4. The van der Waals surface area contributed by atoms with Crippen molar-refractivity contribution in [2.24, 2.45) is 14.1 Å². The Morgan fingerprint density at radius 2 is 1.86 bits per heavy atom. The topological polar surface area (TPSA) is 47.7 Å². The van der Waals surface area contributed by atoms with Crippen LogP contribution in [0.15, 0.2) is 42.7 Å². The molecule has 1 N–H and O–H groups in total. The lowest BCUT2D eigenvalue weighted by molar-refractivity contribution is 0.948. The van der Waals surface area contributed by atoms with Gasteiger partial charge in [-0.3, -0.25) is 0 Å². The Morgan fingerprint density at radius 1 is 1.09 bits per heavy atom. The van der Waals surface area contributed by atoms with Crippen LogP contribution < -0.4 is 5.32 Å². The second-order valence-electron chi connectivity index (χ2n) is 5.46. The van der Waals surface area contributed by atoms with E-state index >= 15 is 0 Å². The van der Waals surface area contributed by atoms with Gasteiger partial charge in [-0.1, -0.05) is 30.3 Å². The lowest BCUT2D eigenvalue weighted by Crippen LogP contribution is -1.98. The number of nitrogens with zero attached hydrogens (tertiary/aromatic N) is 4. The van der Waals surface area contributed by atoms with Crippen molar-refractivity contribution >= 4 is 27.9 Å². The SMILES string of the molecule is CNc1nc2c(cc(-c3ccccc3)n2C)c2c1ncn2C. The van der Waals surface area contributed by atoms with Crippen LogP contribution in [0, 0.1) is 0 Å². The van der Waals surface area contributed by atoms with Crippen molar-refractivity contribution in [2.45, 2.75) is 0 Å². The van der Waals surface area contributed by atoms with Crippen LogP contribution >= 0.6 is 0 Å². The van der Waals surface area contributed by atoms with Gasteiger partial charge >= 0.3 is 0 Å². The highest BCUT2D eigenvalue weighted by molar-refractivity contribution is 6.07. The average molecular weight is 291 g/mol. The number of hydrogen-bond acceptors (Lipinski definition) is 3. The largest absolute Gasteiger partial charge is 0.371 e. The normalized spacial score (nSPS) is 11.4. The molecule has 0 radical (unpaired) electrons. The summed E-state index contributed by atoms with van der Waals surface area (Å²) in [6.45, 7) is 0. The number of nitrogens with one attached hydrogen (secondary N) is 1. The van der Waals surface area contributed by atoms with E-state index in [9.17, 15) is 0 Å². The molecule has 0 aliphatic carbocycles. The fourth-order valence-electron chi connectivity index (χ4n) is 3.04. The number of hydrogen-bond donors (Lipinski definition) is 1. The Labute approximate surface area is 128 Å². The fourth-order valence-corrected chi connectivity index (χ4v) is 3.04. The van der Waals surface area contributed by atoms with E-state index in [1.54, 1.807) is 0 Å².